The predicted molar refractivity (Wildman–Crippen MR) is 84.9 cm³/mol. The van der Waals surface area contributed by atoms with Crippen LogP contribution >= 0.6 is 0 Å². The number of nitrogens with zero attached hydrogens (tertiary/aromatic N) is 3. The van der Waals surface area contributed by atoms with E-state index in [4.69, 9.17) is 5.26 Å². The molecule has 1 aliphatic heterocycles. The predicted octanol–water partition coefficient (Wildman–Crippen LogP) is 0.876. The second kappa shape index (κ2) is 6.67. The average molecular weight is 316 g/mol. The Morgan fingerprint density at radius 3 is 2.70 bits per heavy atom. The molecular weight excluding hydrogens is 296 g/mol. The van der Waals surface area contributed by atoms with Crippen LogP contribution < -0.4 is 5.32 Å². The number of phenolic OH excluding ortho intramolecular Hbond substituents is 1. The molecule has 1 aromatic rings. The van der Waals surface area contributed by atoms with Gasteiger partial charge >= 0.3 is 0 Å². The number of nitriles is 1. The molecule has 0 bridgehead atoms. The Kier molecular flexibility index (Phi) is 4.86. The minimum absolute atomic E-state index is 0.100. The van der Waals surface area contributed by atoms with E-state index in [1.165, 1.54) is 23.1 Å². The van der Waals surface area contributed by atoms with Gasteiger partial charge in [-0.3, -0.25) is 14.5 Å². The number of carbonyl (C=O) groups is 2. The van der Waals surface area contributed by atoms with Gasteiger partial charge in [0, 0.05) is 26.2 Å². The van der Waals surface area contributed by atoms with Crippen LogP contribution in [0.2, 0.25) is 0 Å². The third-order valence-electron chi connectivity index (χ3n) is 3.98. The molecule has 7 heteroatoms. The molecule has 2 amide bonds. The number of aromatic hydroxyl groups is 1. The molecule has 0 saturated carbocycles. The molecule has 1 fully saturated rings. The molecule has 2 rings (SSSR count). The number of rotatable bonds is 3. The largest absolute Gasteiger partial charge is 0.506 e. The van der Waals surface area contributed by atoms with Crippen LogP contribution in [-0.4, -0.2) is 60.5 Å². The second-order valence-electron chi connectivity index (χ2n) is 5.94. The summed E-state index contributed by atoms with van der Waals surface area (Å²) in [5.74, 6) is -0.904. The van der Waals surface area contributed by atoms with Gasteiger partial charge in [-0.15, -0.1) is 0 Å². The van der Waals surface area contributed by atoms with E-state index in [1.807, 2.05) is 4.90 Å². The van der Waals surface area contributed by atoms with Crippen molar-refractivity contribution in [2.24, 2.45) is 5.92 Å². The standard InChI is InChI=1S/C16H20N4O3/c1-19(2)16(23)10-4-5-14(21)13(7-10)18-15(22)11-6-12(8-17)20(3)9-11/h4-5,7,11-12,21H,6,9H2,1-3H3,(H,18,22). The number of carbonyl (C=O) groups excluding carboxylic acids is 2. The summed E-state index contributed by atoms with van der Waals surface area (Å²) in [6.07, 6.45) is 0.454. The van der Waals surface area contributed by atoms with Crippen LogP contribution in [0.3, 0.4) is 0 Å². The number of phenols is 1. The molecule has 122 valence electrons. The fourth-order valence-corrected chi connectivity index (χ4v) is 2.60. The van der Waals surface area contributed by atoms with E-state index >= 15 is 0 Å². The maximum Gasteiger partial charge on any atom is 0.253 e. The van der Waals surface area contributed by atoms with E-state index in [0.717, 1.165) is 0 Å². The molecule has 2 N–H and O–H groups in total. The minimum atomic E-state index is -0.322. The number of benzene rings is 1. The van der Waals surface area contributed by atoms with Gasteiger partial charge < -0.3 is 15.3 Å². The Morgan fingerprint density at radius 2 is 2.13 bits per heavy atom. The van der Waals surface area contributed by atoms with E-state index in [-0.39, 0.29) is 35.2 Å². The van der Waals surface area contributed by atoms with E-state index in [2.05, 4.69) is 11.4 Å². The van der Waals surface area contributed by atoms with Crippen molar-refractivity contribution in [3.8, 4) is 11.8 Å². The zero-order chi connectivity index (χ0) is 17.1. The van der Waals surface area contributed by atoms with Gasteiger partial charge in [0.2, 0.25) is 5.91 Å². The minimum Gasteiger partial charge on any atom is -0.506 e. The van der Waals surface area contributed by atoms with Crippen molar-refractivity contribution in [3.05, 3.63) is 23.8 Å². The lowest BCUT2D eigenvalue weighted by atomic mass is 10.0. The molecule has 2 unspecified atom stereocenters. The molecule has 1 saturated heterocycles. The monoisotopic (exact) mass is 316 g/mol. The summed E-state index contributed by atoms with van der Waals surface area (Å²) in [5, 5.41) is 21.6. The molecule has 0 radical (unpaired) electrons. The summed E-state index contributed by atoms with van der Waals surface area (Å²) in [6.45, 7) is 0.487. The molecule has 23 heavy (non-hydrogen) atoms. The van der Waals surface area contributed by atoms with Crippen molar-refractivity contribution in [2.45, 2.75) is 12.5 Å². The topological polar surface area (TPSA) is 96.7 Å². The molecule has 0 aromatic heterocycles. The molecule has 0 spiro atoms. The van der Waals surface area contributed by atoms with Crippen LogP contribution in [0.5, 0.6) is 5.75 Å². The first-order valence-corrected chi connectivity index (χ1v) is 7.29. The van der Waals surface area contributed by atoms with Gasteiger partial charge in [0.05, 0.1) is 23.7 Å². The summed E-state index contributed by atoms with van der Waals surface area (Å²) in [6, 6.07) is 6.22. The van der Waals surface area contributed by atoms with Crippen LogP contribution in [0.25, 0.3) is 0 Å². The maximum atomic E-state index is 12.3. The van der Waals surface area contributed by atoms with Gasteiger partial charge in [-0.1, -0.05) is 0 Å². The van der Waals surface area contributed by atoms with Crippen molar-refractivity contribution >= 4 is 17.5 Å². The fourth-order valence-electron chi connectivity index (χ4n) is 2.60. The Balaban J connectivity index is 2.14. The molecule has 7 nitrogen and oxygen atoms in total. The number of nitrogens with one attached hydrogen (secondary N) is 1. The molecular formula is C16H20N4O3. The number of likely N-dealkylation sites (tertiary alicyclic amines) is 1. The van der Waals surface area contributed by atoms with E-state index in [1.54, 1.807) is 21.1 Å². The van der Waals surface area contributed by atoms with Gasteiger partial charge in [-0.05, 0) is 31.7 Å². The molecule has 2 atom stereocenters. The fraction of sp³-hybridized carbons (Fsp3) is 0.438. The van der Waals surface area contributed by atoms with E-state index in [9.17, 15) is 14.7 Å². The molecule has 1 aliphatic rings. The Labute approximate surface area is 135 Å². The number of hydrogen-bond acceptors (Lipinski definition) is 5. The van der Waals surface area contributed by atoms with Gasteiger partial charge in [0.15, 0.2) is 0 Å². The SMILES string of the molecule is CN(C)C(=O)c1ccc(O)c(NC(=O)C2CC(C#N)N(C)C2)c1. The normalized spacial score (nSPS) is 20.8. The highest BCUT2D eigenvalue weighted by Crippen LogP contribution is 2.27. The third-order valence-corrected chi connectivity index (χ3v) is 3.98. The lowest BCUT2D eigenvalue weighted by molar-refractivity contribution is -0.119. The Bertz CT molecular complexity index is 666. The molecule has 1 aromatic carbocycles. The van der Waals surface area contributed by atoms with Crippen molar-refractivity contribution in [3.63, 3.8) is 0 Å². The average Bonchev–Trinajstić information content (AvgIpc) is 2.89. The van der Waals surface area contributed by atoms with Crippen LogP contribution in [0, 0.1) is 17.2 Å². The first-order chi connectivity index (χ1) is 10.8. The van der Waals surface area contributed by atoms with Crippen LogP contribution in [-0.2, 0) is 4.79 Å². The third kappa shape index (κ3) is 3.60. The molecule has 1 heterocycles. The van der Waals surface area contributed by atoms with Crippen LogP contribution in [0.15, 0.2) is 18.2 Å². The highest BCUT2D eigenvalue weighted by molar-refractivity contribution is 5.98. The lowest BCUT2D eigenvalue weighted by Crippen LogP contribution is -2.26. The van der Waals surface area contributed by atoms with Crippen molar-refractivity contribution in [1.29, 1.82) is 5.26 Å². The highest BCUT2D eigenvalue weighted by atomic mass is 16.3. The van der Waals surface area contributed by atoms with Crippen molar-refractivity contribution < 1.29 is 14.7 Å². The lowest BCUT2D eigenvalue weighted by Gasteiger charge is -2.14. The summed E-state index contributed by atoms with van der Waals surface area (Å²) in [5.41, 5.74) is 0.576. The van der Waals surface area contributed by atoms with Crippen molar-refractivity contribution in [2.75, 3.05) is 33.0 Å². The first-order valence-electron chi connectivity index (χ1n) is 7.29. The van der Waals surface area contributed by atoms with Gasteiger partial charge in [0.25, 0.3) is 5.91 Å². The molecule has 0 aliphatic carbocycles. The smallest absolute Gasteiger partial charge is 0.253 e. The quantitative estimate of drug-likeness (QED) is 0.807. The van der Waals surface area contributed by atoms with Gasteiger partial charge in [-0.2, -0.15) is 5.26 Å². The van der Waals surface area contributed by atoms with Crippen LogP contribution in [0.1, 0.15) is 16.8 Å². The highest BCUT2D eigenvalue weighted by Gasteiger charge is 2.34. The zero-order valence-electron chi connectivity index (χ0n) is 13.4. The zero-order valence-corrected chi connectivity index (χ0v) is 13.4. The second-order valence-corrected chi connectivity index (χ2v) is 5.94. The summed E-state index contributed by atoms with van der Waals surface area (Å²) in [4.78, 5) is 27.5. The van der Waals surface area contributed by atoms with E-state index < -0.39 is 0 Å². The summed E-state index contributed by atoms with van der Waals surface area (Å²) < 4.78 is 0. The number of amides is 2. The van der Waals surface area contributed by atoms with E-state index in [0.29, 0.717) is 18.5 Å². The summed E-state index contributed by atoms with van der Waals surface area (Å²) in [7, 11) is 5.06. The maximum absolute atomic E-state index is 12.3. The van der Waals surface area contributed by atoms with Crippen molar-refractivity contribution in [1.82, 2.24) is 9.80 Å². The number of anilines is 1. The number of hydrogen-bond donors (Lipinski definition) is 2. The Hall–Kier alpha value is -2.59. The van der Waals surface area contributed by atoms with Gasteiger partial charge in [-0.25, -0.2) is 0 Å². The Morgan fingerprint density at radius 1 is 1.43 bits per heavy atom. The first kappa shape index (κ1) is 16.8. The summed E-state index contributed by atoms with van der Waals surface area (Å²) >= 11 is 0. The van der Waals surface area contributed by atoms with Gasteiger partial charge in [0.1, 0.15) is 5.75 Å². The van der Waals surface area contributed by atoms with Crippen LogP contribution in [0.4, 0.5) is 5.69 Å².